The Morgan fingerprint density at radius 1 is 1.33 bits per heavy atom. The third-order valence-electron chi connectivity index (χ3n) is 2.96. The molecule has 7 nitrogen and oxygen atoms in total. The first-order valence-corrected chi connectivity index (χ1v) is 6.85. The predicted molar refractivity (Wildman–Crippen MR) is 80.1 cm³/mol. The van der Waals surface area contributed by atoms with Gasteiger partial charge in [-0.25, -0.2) is 0 Å². The zero-order valence-corrected chi connectivity index (χ0v) is 12.3. The first-order chi connectivity index (χ1) is 10.2. The van der Waals surface area contributed by atoms with Gasteiger partial charge in [0.1, 0.15) is 0 Å². The molecule has 0 atom stereocenters. The molecule has 0 aromatic carbocycles. The number of hydrogen-bond acceptors (Lipinski definition) is 6. The summed E-state index contributed by atoms with van der Waals surface area (Å²) in [5.41, 5.74) is 6.99. The van der Waals surface area contributed by atoms with Gasteiger partial charge in [0, 0.05) is 13.0 Å². The number of imidazole rings is 1. The molecule has 0 spiro atoms. The summed E-state index contributed by atoms with van der Waals surface area (Å²) < 4.78 is 12.5. The van der Waals surface area contributed by atoms with E-state index in [1.165, 1.54) is 7.11 Å². The summed E-state index contributed by atoms with van der Waals surface area (Å²) in [7, 11) is 1.54. The van der Waals surface area contributed by atoms with Crippen molar-refractivity contribution >= 4 is 17.0 Å². The van der Waals surface area contributed by atoms with Gasteiger partial charge in [0.05, 0.1) is 13.7 Å². The maximum Gasteiger partial charge on any atom is 0.320 e. The van der Waals surface area contributed by atoms with Crippen LogP contribution in [0, 0.1) is 12.3 Å². The molecule has 0 radical (unpaired) electrons. The summed E-state index contributed by atoms with van der Waals surface area (Å²) in [6.45, 7) is 3.18. The number of nitrogen functional groups attached to an aromatic ring is 1. The summed E-state index contributed by atoms with van der Waals surface area (Å²) in [6, 6.07) is 0.657. The molecule has 7 heteroatoms. The van der Waals surface area contributed by atoms with E-state index in [1.54, 1.807) is 4.57 Å². The van der Waals surface area contributed by atoms with E-state index < -0.39 is 0 Å². The monoisotopic (exact) mass is 289 g/mol. The Balaban J connectivity index is 2.41. The number of hydrogen-bond donors (Lipinski definition) is 1. The average molecular weight is 289 g/mol. The first kappa shape index (κ1) is 14.9. The number of nitrogens with zero attached hydrogens (tertiary/aromatic N) is 4. The van der Waals surface area contributed by atoms with Crippen LogP contribution in [0.3, 0.4) is 0 Å². The highest BCUT2D eigenvalue weighted by Crippen LogP contribution is 2.25. The number of terminal acetylenes is 1. The topological polar surface area (TPSA) is 88.1 Å². The van der Waals surface area contributed by atoms with Gasteiger partial charge in [0.25, 0.3) is 6.01 Å². The number of nitrogens with two attached hydrogens (primary N) is 1. The molecular formula is C14H19N5O2. The molecule has 2 N–H and O–H groups in total. The van der Waals surface area contributed by atoms with E-state index in [-0.39, 0.29) is 11.8 Å². The van der Waals surface area contributed by atoms with Crippen molar-refractivity contribution in [1.29, 1.82) is 0 Å². The third kappa shape index (κ3) is 3.16. The van der Waals surface area contributed by atoms with Crippen LogP contribution >= 0.6 is 0 Å². The SMILES string of the molecule is C#CCCn1c(OC)nc2c(N)nc(OCCCC)nc21. The number of ether oxygens (including phenoxy) is 2. The number of anilines is 1. The van der Waals surface area contributed by atoms with E-state index in [0.29, 0.717) is 36.7 Å². The van der Waals surface area contributed by atoms with E-state index in [9.17, 15) is 0 Å². The van der Waals surface area contributed by atoms with Crippen molar-refractivity contribution in [1.82, 2.24) is 19.5 Å². The highest BCUT2D eigenvalue weighted by Gasteiger charge is 2.17. The van der Waals surface area contributed by atoms with Crippen molar-refractivity contribution in [2.24, 2.45) is 0 Å². The van der Waals surface area contributed by atoms with Gasteiger partial charge in [-0.2, -0.15) is 15.0 Å². The molecule has 0 saturated carbocycles. The Bertz CT molecular complexity index is 659. The van der Waals surface area contributed by atoms with Crippen LogP contribution in [0.25, 0.3) is 11.2 Å². The zero-order valence-electron chi connectivity index (χ0n) is 12.3. The number of rotatable bonds is 7. The van der Waals surface area contributed by atoms with Gasteiger partial charge in [0.15, 0.2) is 17.0 Å². The van der Waals surface area contributed by atoms with Crippen LogP contribution < -0.4 is 15.2 Å². The molecule has 0 aliphatic rings. The molecule has 0 aliphatic carbocycles. The second-order valence-electron chi connectivity index (χ2n) is 4.47. The Labute approximate surface area is 123 Å². The molecular weight excluding hydrogens is 270 g/mol. The van der Waals surface area contributed by atoms with E-state index in [1.807, 2.05) is 0 Å². The lowest BCUT2D eigenvalue weighted by Gasteiger charge is -2.07. The Morgan fingerprint density at radius 2 is 2.14 bits per heavy atom. The molecule has 0 amide bonds. The summed E-state index contributed by atoms with van der Waals surface area (Å²) in [6.07, 6.45) is 7.82. The number of unbranched alkanes of at least 4 members (excludes halogenated alkanes) is 1. The van der Waals surface area contributed by atoms with Gasteiger partial charge in [-0.1, -0.05) is 13.3 Å². The quantitative estimate of drug-likeness (QED) is 0.615. The van der Waals surface area contributed by atoms with E-state index in [4.69, 9.17) is 21.6 Å². The minimum atomic E-state index is 0.248. The second-order valence-corrected chi connectivity index (χ2v) is 4.47. The molecule has 2 aromatic heterocycles. The molecule has 0 fully saturated rings. The van der Waals surface area contributed by atoms with Gasteiger partial charge in [-0.15, -0.1) is 12.3 Å². The number of methoxy groups -OCH3 is 1. The molecule has 2 aromatic rings. The normalized spacial score (nSPS) is 10.5. The summed E-state index contributed by atoms with van der Waals surface area (Å²) >= 11 is 0. The van der Waals surface area contributed by atoms with E-state index in [2.05, 4.69) is 27.8 Å². The van der Waals surface area contributed by atoms with Gasteiger partial charge in [-0.3, -0.25) is 4.57 Å². The fourth-order valence-corrected chi connectivity index (χ4v) is 1.89. The fraction of sp³-hybridized carbons (Fsp3) is 0.500. The van der Waals surface area contributed by atoms with Gasteiger partial charge in [-0.05, 0) is 6.42 Å². The van der Waals surface area contributed by atoms with Crippen LogP contribution in [-0.4, -0.2) is 33.2 Å². The summed E-state index contributed by atoms with van der Waals surface area (Å²) in [4.78, 5) is 12.8. The molecule has 0 saturated heterocycles. The van der Waals surface area contributed by atoms with Crippen LogP contribution in [0.15, 0.2) is 0 Å². The smallest absolute Gasteiger partial charge is 0.320 e. The third-order valence-corrected chi connectivity index (χ3v) is 2.96. The molecule has 2 rings (SSSR count). The summed E-state index contributed by atoms with van der Waals surface area (Å²) in [5.74, 6) is 2.85. The number of fused-ring (bicyclic) bond motifs is 1. The van der Waals surface area contributed by atoms with E-state index >= 15 is 0 Å². The van der Waals surface area contributed by atoms with Crippen molar-refractivity contribution < 1.29 is 9.47 Å². The summed E-state index contributed by atoms with van der Waals surface area (Å²) in [5, 5.41) is 0. The van der Waals surface area contributed by atoms with Crippen LogP contribution in [0.4, 0.5) is 5.82 Å². The van der Waals surface area contributed by atoms with Crippen molar-refractivity contribution in [2.45, 2.75) is 32.7 Å². The lowest BCUT2D eigenvalue weighted by Crippen LogP contribution is -2.06. The van der Waals surface area contributed by atoms with Crippen molar-refractivity contribution in [3.63, 3.8) is 0 Å². The van der Waals surface area contributed by atoms with Gasteiger partial charge < -0.3 is 15.2 Å². The van der Waals surface area contributed by atoms with Crippen LogP contribution in [0.5, 0.6) is 12.0 Å². The molecule has 0 unspecified atom stereocenters. The van der Waals surface area contributed by atoms with Crippen LogP contribution in [-0.2, 0) is 6.54 Å². The zero-order chi connectivity index (χ0) is 15.2. The minimum absolute atomic E-state index is 0.248. The Kier molecular flexibility index (Phi) is 4.82. The number of aromatic nitrogens is 4. The maximum absolute atomic E-state index is 5.92. The predicted octanol–water partition coefficient (Wildman–Crippen LogP) is 1.62. The second kappa shape index (κ2) is 6.79. The largest absolute Gasteiger partial charge is 0.468 e. The molecule has 21 heavy (non-hydrogen) atoms. The van der Waals surface area contributed by atoms with Gasteiger partial charge >= 0.3 is 6.01 Å². The molecule has 0 aliphatic heterocycles. The van der Waals surface area contributed by atoms with Crippen molar-refractivity contribution in [3.8, 4) is 24.4 Å². The molecule has 2 heterocycles. The van der Waals surface area contributed by atoms with E-state index in [0.717, 1.165) is 12.8 Å². The minimum Gasteiger partial charge on any atom is -0.468 e. The van der Waals surface area contributed by atoms with Gasteiger partial charge in [0.2, 0.25) is 0 Å². The first-order valence-electron chi connectivity index (χ1n) is 6.85. The number of aryl methyl sites for hydroxylation is 1. The lowest BCUT2D eigenvalue weighted by atomic mass is 10.4. The highest BCUT2D eigenvalue weighted by atomic mass is 16.5. The average Bonchev–Trinajstić information content (AvgIpc) is 2.84. The Hall–Kier alpha value is -2.49. The van der Waals surface area contributed by atoms with Crippen molar-refractivity contribution in [3.05, 3.63) is 0 Å². The Morgan fingerprint density at radius 3 is 2.81 bits per heavy atom. The van der Waals surface area contributed by atoms with Crippen LogP contribution in [0.2, 0.25) is 0 Å². The van der Waals surface area contributed by atoms with Crippen molar-refractivity contribution in [2.75, 3.05) is 19.5 Å². The lowest BCUT2D eigenvalue weighted by molar-refractivity contribution is 0.286. The highest BCUT2D eigenvalue weighted by molar-refractivity contribution is 5.83. The molecule has 0 bridgehead atoms. The van der Waals surface area contributed by atoms with Crippen LogP contribution in [0.1, 0.15) is 26.2 Å². The maximum atomic E-state index is 5.92. The fourth-order valence-electron chi connectivity index (χ4n) is 1.89. The standard InChI is InChI=1S/C14H19N5O2/c1-4-6-8-19-12-10(16-14(19)20-3)11(15)17-13(18-12)21-9-7-5-2/h1H,5-9H2,2-3H3,(H2,15,17,18). The molecule has 112 valence electrons.